The van der Waals surface area contributed by atoms with Crippen molar-refractivity contribution in [3.05, 3.63) is 83.6 Å². The molecule has 0 aliphatic rings. The summed E-state index contributed by atoms with van der Waals surface area (Å²) in [5.41, 5.74) is 2.87. The first-order valence-corrected chi connectivity index (χ1v) is 9.70. The minimum atomic E-state index is -0.564. The van der Waals surface area contributed by atoms with E-state index in [2.05, 4.69) is 17.2 Å². The van der Waals surface area contributed by atoms with Crippen molar-refractivity contribution in [2.75, 3.05) is 0 Å². The van der Waals surface area contributed by atoms with Crippen LogP contribution in [0.4, 0.5) is 8.78 Å². The molecule has 30 heavy (non-hydrogen) atoms. The van der Waals surface area contributed by atoms with E-state index in [-0.39, 0.29) is 18.0 Å². The molecule has 0 fully saturated rings. The molecule has 0 aliphatic heterocycles. The summed E-state index contributed by atoms with van der Waals surface area (Å²) in [4.78, 5) is 21.7. The molecule has 0 aliphatic carbocycles. The summed E-state index contributed by atoms with van der Waals surface area (Å²) in [6.07, 6.45) is 2.64. The Morgan fingerprint density at radius 3 is 2.80 bits per heavy atom. The highest BCUT2D eigenvalue weighted by Gasteiger charge is 2.15. The Balaban J connectivity index is 1.61. The number of amides is 1. The van der Waals surface area contributed by atoms with E-state index in [1.165, 1.54) is 0 Å². The molecule has 0 saturated carbocycles. The smallest absolute Gasteiger partial charge is 0.251 e. The van der Waals surface area contributed by atoms with Gasteiger partial charge in [-0.2, -0.15) is 0 Å². The number of hydrogen-bond donors (Lipinski definition) is 1. The molecular weight excluding hydrogens is 386 g/mol. The van der Waals surface area contributed by atoms with Crippen LogP contribution in [0.1, 0.15) is 29.3 Å². The molecule has 0 spiro atoms. The molecule has 0 atom stereocenters. The van der Waals surface area contributed by atoms with Gasteiger partial charge in [0.25, 0.3) is 5.91 Å². The van der Waals surface area contributed by atoms with Crippen LogP contribution in [0.5, 0.6) is 0 Å². The lowest BCUT2D eigenvalue weighted by Gasteiger charge is -2.10. The molecule has 2 aromatic carbocycles. The highest BCUT2D eigenvalue weighted by Crippen LogP contribution is 2.25. The van der Waals surface area contributed by atoms with Crippen LogP contribution in [-0.4, -0.2) is 20.4 Å². The number of pyridine rings is 1. The van der Waals surface area contributed by atoms with Crippen molar-refractivity contribution in [1.29, 1.82) is 0 Å². The molecule has 0 radical (unpaired) electrons. The average molecular weight is 406 g/mol. The molecule has 7 heteroatoms. The second-order valence-electron chi connectivity index (χ2n) is 6.93. The molecule has 4 rings (SSSR count). The normalized spacial score (nSPS) is 11.0. The number of nitrogens with zero attached hydrogens (tertiary/aromatic N) is 3. The maximum atomic E-state index is 13.8. The zero-order chi connectivity index (χ0) is 21.1. The van der Waals surface area contributed by atoms with Crippen molar-refractivity contribution >= 4 is 17.1 Å². The van der Waals surface area contributed by atoms with Gasteiger partial charge in [-0.15, -0.1) is 0 Å². The number of carbonyl (C=O) groups excluding carboxylic acids is 1. The fraction of sp³-hybridized carbons (Fsp3) is 0.174. The summed E-state index contributed by atoms with van der Waals surface area (Å²) in [5.74, 6) is -0.759. The van der Waals surface area contributed by atoms with Gasteiger partial charge in [-0.3, -0.25) is 4.79 Å². The van der Waals surface area contributed by atoms with Crippen LogP contribution in [0.25, 0.3) is 22.6 Å². The quantitative estimate of drug-likeness (QED) is 0.504. The van der Waals surface area contributed by atoms with Crippen LogP contribution < -0.4 is 5.32 Å². The molecule has 5 nitrogen and oxygen atoms in total. The molecule has 0 saturated heterocycles. The van der Waals surface area contributed by atoms with Crippen LogP contribution in [0.3, 0.4) is 0 Å². The predicted molar refractivity (Wildman–Crippen MR) is 111 cm³/mol. The fourth-order valence-electron chi connectivity index (χ4n) is 3.37. The minimum Gasteiger partial charge on any atom is -0.348 e. The van der Waals surface area contributed by atoms with Crippen LogP contribution in [0.2, 0.25) is 0 Å². The fourth-order valence-corrected chi connectivity index (χ4v) is 3.37. The number of benzene rings is 2. The van der Waals surface area contributed by atoms with E-state index in [0.717, 1.165) is 53.7 Å². The maximum Gasteiger partial charge on any atom is 0.251 e. The van der Waals surface area contributed by atoms with E-state index >= 15 is 0 Å². The molecule has 1 N–H and O–H groups in total. The Labute approximate surface area is 172 Å². The number of fused-ring (bicyclic) bond motifs is 1. The number of carbonyl (C=O) groups is 1. The molecule has 2 heterocycles. The van der Waals surface area contributed by atoms with Gasteiger partial charge in [0.05, 0.1) is 0 Å². The summed E-state index contributed by atoms with van der Waals surface area (Å²) in [6, 6.07) is 14.0. The first-order chi connectivity index (χ1) is 14.6. The molecule has 1 amide bonds. The van der Waals surface area contributed by atoms with Crippen LogP contribution in [-0.2, 0) is 13.1 Å². The van der Waals surface area contributed by atoms with Crippen molar-refractivity contribution in [3.63, 3.8) is 0 Å². The Hall–Kier alpha value is -3.61. The first kappa shape index (κ1) is 19.7. The third-order valence-corrected chi connectivity index (χ3v) is 4.78. The third-order valence-electron chi connectivity index (χ3n) is 4.78. The molecule has 152 valence electrons. The zero-order valence-corrected chi connectivity index (χ0v) is 16.4. The number of halogens is 2. The Kier molecular flexibility index (Phi) is 5.52. The molecule has 0 bridgehead atoms. The second-order valence-corrected chi connectivity index (χ2v) is 6.93. The molecule has 2 aromatic heterocycles. The van der Waals surface area contributed by atoms with E-state index in [0.29, 0.717) is 5.56 Å². The summed E-state index contributed by atoms with van der Waals surface area (Å²) in [5, 5.41) is 2.64. The Bertz CT molecular complexity index is 1220. The van der Waals surface area contributed by atoms with Crippen LogP contribution >= 0.6 is 0 Å². The van der Waals surface area contributed by atoms with Gasteiger partial charge in [-0.25, -0.2) is 18.7 Å². The monoisotopic (exact) mass is 406 g/mol. The van der Waals surface area contributed by atoms with Crippen molar-refractivity contribution in [2.24, 2.45) is 0 Å². The lowest BCUT2D eigenvalue weighted by atomic mass is 10.1. The summed E-state index contributed by atoms with van der Waals surface area (Å²) < 4.78 is 29.2. The Morgan fingerprint density at radius 2 is 1.97 bits per heavy atom. The average Bonchev–Trinajstić information content (AvgIpc) is 3.13. The largest absolute Gasteiger partial charge is 0.348 e. The topological polar surface area (TPSA) is 59.8 Å². The van der Waals surface area contributed by atoms with Gasteiger partial charge in [-0.1, -0.05) is 19.1 Å². The van der Waals surface area contributed by atoms with Crippen molar-refractivity contribution < 1.29 is 13.6 Å². The second kappa shape index (κ2) is 8.41. The predicted octanol–water partition coefficient (Wildman–Crippen LogP) is 4.72. The van der Waals surface area contributed by atoms with E-state index in [9.17, 15) is 13.6 Å². The van der Waals surface area contributed by atoms with E-state index in [1.807, 2.05) is 22.8 Å². The first-order valence-electron chi connectivity index (χ1n) is 9.70. The number of aromatic nitrogens is 3. The van der Waals surface area contributed by atoms with Gasteiger partial charge in [0.15, 0.2) is 5.65 Å². The number of hydrogen-bond acceptors (Lipinski definition) is 3. The third kappa shape index (κ3) is 3.91. The van der Waals surface area contributed by atoms with Crippen molar-refractivity contribution in [1.82, 2.24) is 19.9 Å². The SMILES string of the molecule is CCCn1c(-c2cccc(C(=O)NCc3cc(F)ccc3F)c2)nc2cccnc21. The van der Waals surface area contributed by atoms with E-state index in [1.54, 1.807) is 24.4 Å². The summed E-state index contributed by atoms with van der Waals surface area (Å²) >= 11 is 0. The summed E-state index contributed by atoms with van der Waals surface area (Å²) in [7, 11) is 0. The van der Waals surface area contributed by atoms with E-state index < -0.39 is 11.6 Å². The minimum absolute atomic E-state index is 0.0929. The number of nitrogens with one attached hydrogen (secondary N) is 1. The zero-order valence-electron chi connectivity index (χ0n) is 16.4. The highest BCUT2D eigenvalue weighted by molar-refractivity contribution is 5.95. The van der Waals surface area contributed by atoms with Gasteiger partial charge < -0.3 is 9.88 Å². The van der Waals surface area contributed by atoms with Crippen molar-refractivity contribution in [2.45, 2.75) is 26.4 Å². The van der Waals surface area contributed by atoms with Gasteiger partial charge >= 0.3 is 0 Å². The van der Waals surface area contributed by atoms with Gasteiger partial charge in [0.2, 0.25) is 0 Å². The highest BCUT2D eigenvalue weighted by atomic mass is 19.1. The van der Waals surface area contributed by atoms with Gasteiger partial charge in [0.1, 0.15) is 23.0 Å². The van der Waals surface area contributed by atoms with Gasteiger partial charge in [-0.05, 0) is 48.9 Å². The Morgan fingerprint density at radius 1 is 1.10 bits per heavy atom. The molecule has 4 aromatic rings. The van der Waals surface area contributed by atoms with Crippen molar-refractivity contribution in [3.8, 4) is 11.4 Å². The number of rotatable bonds is 6. The standard InChI is InChI=1S/C23H20F2N4O/c1-2-11-29-21(28-20-7-4-10-26-22(20)29)15-5-3-6-16(12-15)23(30)27-14-17-13-18(24)8-9-19(17)25/h3-10,12-13H,2,11,14H2,1H3,(H,27,30). The summed E-state index contributed by atoms with van der Waals surface area (Å²) in [6.45, 7) is 2.72. The van der Waals surface area contributed by atoms with Crippen LogP contribution in [0.15, 0.2) is 60.8 Å². The number of aryl methyl sites for hydroxylation is 1. The number of imidazole rings is 1. The molecular formula is C23H20F2N4O. The maximum absolute atomic E-state index is 13.8. The lowest BCUT2D eigenvalue weighted by molar-refractivity contribution is 0.0950. The van der Waals surface area contributed by atoms with E-state index in [4.69, 9.17) is 4.98 Å². The molecule has 0 unspecified atom stereocenters. The lowest BCUT2D eigenvalue weighted by Crippen LogP contribution is -2.23. The van der Waals surface area contributed by atoms with Gasteiger partial charge in [0, 0.05) is 36.0 Å². The van der Waals surface area contributed by atoms with Crippen LogP contribution in [0, 0.1) is 11.6 Å².